The number of allylic oxidation sites excluding steroid dienone is 4. The summed E-state index contributed by atoms with van der Waals surface area (Å²) in [6, 6.07) is 0. The van der Waals surface area contributed by atoms with Crippen LogP contribution in [0.25, 0.3) is 0 Å². The van der Waals surface area contributed by atoms with Crippen LogP contribution in [0.1, 0.15) is 79.6 Å². The van der Waals surface area contributed by atoms with Gasteiger partial charge in [0.05, 0.1) is 6.10 Å². The molecule has 4 aliphatic rings. The Labute approximate surface area is 222 Å². The fourth-order valence-corrected chi connectivity index (χ4v) is 8.26. The Morgan fingerprint density at radius 1 is 1.16 bits per heavy atom. The molecule has 3 saturated carbocycles. The van der Waals surface area contributed by atoms with Gasteiger partial charge in [-0.2, -0.15) is 0 Å². The minimum absolute atomic E-state index is 0.00146. The molecule has 0 saturated heterocycles. The van der Waals surface area contributed by atoms with Crippen LogP contribution in [0, 0.1) is 28.6 Å². The minimum Gasteiger partial charge on any atom is -0.457 e. The van der Waals surface area contributed by atoms with E-state index in [1.165, 1.54) is 13.0 Å². The average Bonchev–Trinajstić information content (AvgIpc) is 3.08. The number of fused-ring (bicyclic) bond motifs is 5. The van der Waals surface area contributed by atoms with Gasteiger partial charge in [0.1, 0.15) is 0 Å². The summed E-state index contributed by atoms with van der Waals surface area (Å²) < 4.78 is 43.5. The highest BCUT2D eigenvalue weighted by molar-refractivity contribution is 6.04. The first-order valence-electron chi connectivity index (χ1n) is 13.6. The van der Waals surface area contributed by atoms with Crippen molar-refractivity contribution >= 4 is 23.5 Å². The Morgan fingerprint density at radius 2 is 1.84 bits per heavy atom. The largest absolute Gasteiger partial charge is 0.457 e. The zero-order chi connectivity index (χ0) is 28.3. The Balaban J connectivity index is 1.79. The molecule has 4 aliphatic carbocycles. The predicted molar refractivity (Wildman–Crippen MR) is 133 cm³/mol. The van der Waals surface area contributed by atoms with Crippen molar-refractivity contribution < 1.29 is 42.5 Å². The molecule has 9 heteroatoms. The van der Waals surface area contributed by atoms with Crippen LogP contribution in [-0.4, -0.2) is 52.6 Å². The fourth-order valence-electron chi connectivity index (χ4n) is 8.26. The molecule has 7 nitrogen and oxygen atoms in total. The third-order valence-electron chi connectivity index (χ3n) is 10.1. The molecular weight excluding hydrogens is 498 g/mol. The summed E-state index contributed by atoms with van der Waals surface area (Å²) in [5.41, 5.74) is -6.70. The van der Waals surface area contributed by atoms with Crippen molar-refractivity contribution in [3.63, 3.8) is 0 Å². The number of aliphatic hydroxyl groups excluding tert-OH is 1. The van der Waals surface area contributed by atoms with E-state index in [2.05, 4.69) is 0 Å². The molecule has 0 heterocycles. The fraction of sp³-hybridized carbons (Fsp3) is 0.724. The molecule has 0 aliphatic heterocycles. The van der Waals surface area contributed by atoms with Gasteiger partial charge in [0.15, 0.2) is 23.7 Å². The zero-order valence-electron chi connectivity index (χ0n) is 22.8. The highest BCUT2D eigenvalue weighted by atomic mass is 19.1. The smallest absolute Gasteiger partial charge is 0.306 e. The van der Waals surface area contributed by atoms with Gasteiger partial charge in [0.25, 0.3) is 0 Å². The van der Waals surface area contributed by atoms with Gasteiger partial charge in [-0.1, -0.05) is 33.8 Å². The van der Waals surface area contributed by atoms with Crippen molar-refractivity contribution in [1.82, 2.24) is 0 Å². The monoisotopic (exact) mass is 536 g/mol. The molecule has 0 bridgehead atoms. The molecule has 1 N–H and O–H groups in total. The van der Waals surface area contributed by atoms with Crippen LogP contribution in [-0.2, 0) is 28.7 Å². The van der Waals surface area contributed by atoms with Crippen LogP contribution in [0.4, 0.5) is 8.78 Å². The molecular formula is C29H38F2O7. The summed E-state index contributed by atoms with van der Waals surface area (Å²) >= 11 is 0. The molecule has 4 rings (SSSR count). The number of hydrogen-bond donors (Lipinski definition) is 1. The van der Waals surface area contributed by atoms with E-state index in [9.17, 15) is 28.7 Å². The van der Waals surface area contributed by atoms with E-state index in [1.807, 2.05) is 0 Å². The third kappa shape index (κ3) is 3.67. The Kier molecular flexibility index (Phi) is 7.26. The third-order valence-corrected chi connectivity index (χ3v) is 10.1. The lowest BCUT2D eigenvalue weighted by Crippen LogP contribution is -2.70. The number of rotatable bonds is 7. The Hall–Kier alpha value is -2.42. The number of halogens is 2. The van der Waals surface area contributed by atoms with Gasteiger partial charge in [0.2, 0.25) is 11.6 Å². The first-order valence-corrected chi connectivity index (χ1v) is 13.6. The van der Waals surface area contributed by atoms with E-state index < -0.39 is 81.9 Å². The molecule has 38 heavy (non-hydrogen) atoms. The first kappa shape index (κ1) is 28.6. The van der Waals surface area contributed by atoms with Gasteiger partial charge in [-0.3, -0.25) is 19.2 Å². The number of carbonyl (C=O) groups excluding carboxylic acids is 4. The molecule has 3 fully saturated rings. The highest BCUT2D eigenvalue weighted by Gasteiger charge is 2.77. The molecule has 0 spiro atoms. The number of alkyl halides is 1. The van der Waals surface area contributed by atoms with E-state index in [0.717, 1.165) is 6.08 Å². The Bertz CT molecular complexity index is 1110. The van der Waals surface area contributed by atoms with Crippen LogP contribution in [0.15, 0.2) is 23.6 Å². The molecule has 0 aromatic heterocycles. The second-order valence-electron chi connectivity index (χ2n) is 11.9. The van der Waals surface area contributed by atoms with E-state index in [-0.39, 0.29) is 37.7 Å². The van der Waals surface area contributed by atoms with Crippen molar-refractivity contribution in [2.45, 2.75) is 96.9 Å². The Morgan fingerprint density at radius 3 is 2.47 bits per heavy atom. The number of carbonyl (C=O) groups is 4. The van der Waals surface area contributed by atoms with E-state index in [4.69, 9.17) is 9.47 Å². The van der Waals surface area contributed by atoms with Crippen molar-refractivity contribution in [3.8, 4) is 0 Å². The maximum atomic E-state index is 17.4. The summed E-state index contributed by atoms with van der Waals surface area (Å²) in [4.78, 5) is 50.7. The summed E-state index contributed by atoms with van der Waals surface area (Å²) in [5, 5.41) is 11.5. The van der Waals surface area contributed by atoms with Crippen LogP contribution >= 0.6 is 0 Å². The number of ketones is 2. The second-order valence-corrected chi connectivity index (χ2v) is 11.9. The van der Waals surface area contributed by atoms with E-state index >= 15 is 4.39 Å². The minimum atomic E-state index is -2.31. The lowest BCUT2D eigenvalue weighted by atomic mass is 9.44. The second kappa shape index (κ2) is 9.65. The number of Topliss-reactive ketones (excluding diaryl/α,β-unsaturated/α-hetero) is 1. The maximum absolute atomic E-state index is 17.4. The lowest BCUT2D eigenvalue weighted by molar-refractivity contribution is -0.228. The van der Waals surface area contributed by atoms with E-state index in [0.29, 0.717) is 12.8 Å². The number of hydrogen-bond acceptors (Lipinski definition) is 7. The molecule has 0 aromatic rings. The molecule has 0 amide bonds. The average molecular weight is 537 g/mol. The quantitative estimate of drug-likeness (QED) is 0.477. The standard InChI is InChI=1S/C29H38F2O7/c1-6-8-24(36)37-15-22(34)29(38-23(35)7-2)16(3)13-19-17-9-10-18-25(30)20(32)11-12-26(18,4)28(17,31)21(33)14-27(19,29)5/h11-12,16-17,19,21,33H,6-10,13-15H2,1-5H3/t16-,17+,19+,21+,26+,27+,28+,29-/m1/s1. The van der Waals surface area contributed by atoms with Crippen LogP contribution in [0.2, 0.25) is 0 Å². The summed E-state index contributed by atoms with van der Waals surface area (Å²) in [6.07, 6.45) is 1.83. The van der Waals surface area contributed by atoms with Crippen LogP contribution in [0.3, 0.4) is 0 Å². The summed E-state index contributed by atoms with van der Waals surface area (Å²) in [7, 11) is 0. The van der Waals surface area contributed by atoms with Gasteiger partial charge < -0.3 is 14.6 Å². The maximum Gasteiger partial charge on any atom is 0.306 e. The topological polar surface area (TPSA) is 107 Å². The van der Waals surface area contributed by atoms with Crippen LogP contribution in [0.5, 0.6) is 0 Å². The highest BCUT2D eigenvalue weighted by Crippen LogP contribution is 2.71. The summed E-state index contributed by atoms with van der Waals surface area (Å²) in [5.74, 6) is -5.37. The predicted octanol–water partition coefficient (Wildman–Crippen LogP) is 4.50. The number of aliphatic hydroxyl groups is 1. The van der Waals surface area contributed by atoms with Gasteiger partial charge in [-0.05, 0) is 56.6 Å². The number of esters is 2. The normalized spacial score (nSPS) is 41.7. The number of ether oxygens (including phenoxy) is 2. The first-order chi connectivity index (χ1) is 17.7. The van der Waals surface area contributed by atoms with Crippen molar-refractivity contribution in [2.75, 3.05) is 6.61 Å². The van der Waals surface area contributed by atoms with Crippen molar-refractivity contribution in [3.05, 3.63) is 23.6 Å². The van der Waals surface area contributed by atoms with Crippen molar-refractivity contribution in [2.24, 2.45) is 28.6 Å². The molecule has 8 atom stereocenters. The molecule has 0 unspecified atom stereocenters. The van der Waals surface area contributed by atoms with Gasteiger partial charge >= 0.3 is 11.9 Å². The van der Waals surface area contributed by atoms with Gasteiger partial charge in [0, 0.05) is 35.5 Å². The SMILES string of the molecule is CCCC(=O)OCC(=O)[C@]1(OC(=O)CC)[C@H](C)C[C@H]2[C@@H]3CCC4=C(F)C(=O)C=C[C@]4(C)[C@@]3(F)[C@@H](O)C[C@@]21C. The molecule has 210 valence electrons. The zero-order valence-corrected chi connectivity index (χ0v) is 22.8. The lowest BCUT2D eigenvalue weighted by Gasteiger charge is -2.62. The molecule has 0 radical (unpaired) electrons. The summed E-state index contributed by atoms with van der Waals surface area (Å²) in [6.45, 7) is 7.84. The molecule has 0 aromatic carbocycles. The van der Waals surface area contributed by atoms with E-state index in [1.54, 1.807) is 27.7 Å². The van der Waals surface area contributed by atoms with Crippen molar-refractivity contribution in [1.29, 1.82) is 0 Å². The van der Waals surface area contributed by atoms with Gasteiger partial charge in [-0.15, -0.1) is 0 Å². The van der Waals surface area contributed by atoms with Crippen LogP contribution < -0.4 is 0 Å². The van der Waals surface area contributed by atoms with Gasteiger partial charge in [-0.25, -0.2) is 8.78 Å².